The second-order valence-electron chi connectivity index (χ2n) is 4.45. The monoisotopic (exact) mass is 243 g/mol. The molecule has 0 saturated carbocycles. The van der Waals surface area contributed by atoms with Crippen molar-refractivity contribution in [1.82, 2.24) is 4.98 Å². The van der Waals surface area contributed by atoms with E-state index < -0.39 is 0 Å². The lowest BCUT2D eigenvalue weighted by Crippen LogP contribution is -1.80. The number of hydrogen-bond donors (Lipinski definition) is 0. The predicted octanol–water partition coefficient (Wildman–Crippen LogP) is 4.87. The quantitative estimate of drug-likeness (QED) is 0.746. The van der Waals surface area contributed by atoms with Crippen LogP contribution in [0.4, 0.5) is 0 Å². The van der Waals surface area contributed by atoms with Gasteiger partial charge in [-0.15, -0.1) is 11.3 Å². The van der Waals surface area contributed by atoms with Crippen LogP contribution in [-0.2, 0) is 0 Å². The van der Waals surface area contributed by atoms with E-state index in [0.717, 1.165) is 18.0 Å². The molecule has 0 aliphatic carbocycles. The number of thiophene rings is 1. The largest absolute Gasteiger partial charge is 0.255 e. The Hall–Kier alpha value is -1.41. The van der Waals surface area contributed by atoms with E-state index in [2.05, 4.69) is 43.1 Å². The fourth-order valence-corrected chi connectivity index (χ4v) is 2.46. The lowest BCUT2D eigenvalue weighted by molar-refractivity contribution is 0.665. The summed E-state index contributed by atoms with van der Waals surface area (Å²) >= 11 is 1.79. The molecule has 0 atom stereocenters. The van der Waals surface area contributed by atoms with Gasteiger partial charge in [0.25, 0.3) is 0 Å². The van der Waals surface area contributed by atoms with Gasteiger partial charge in [0.2, 0.25) is 0 Å². The minimum Gasteiger partial charge on any atom is -0.255 e. The van der Waals surface area contributed by atoms with E-state index in [9.17, 15) is 0 Å². The molecule has 0 fully saturated rings. The third kappa shape index (κ3) is 3.53. The molecule has 2 heteroatoms. The molecule has 0 unspecified atom stereocenters. The molecule has 1 nitrogen and oxygen atoms in total. The molecule has 0 aliphatic rings. The predicted molar refractivity (Wildman–Crippen MR) is 76.0 cm³/mol. The molecule has 0 aliphatic heterocycles. The zero-order valence-electron chi connectivity index (χ0n) is 10.3. The van der Waals surface area contributed by atoms with Gasteiger partial charge in [0.05, 0.1) is 10.6 Å². The van der Waals surface area contributed by atoms with E-state index >= 15 is 0 Å². The second kappa shape index (κ2) is 5.78. The van der Waals surface area contributed by atoms with Crippen molar-refractivity contribution >= 4 is 17.4 Å². The average molecular weight is 243 g/mol. The lowest BCUT2D eigenvalue weighted by atomic mass is 10.1. The van der Waals surface area contributed by atoms with Crippen molar-refractivity contribution in [3.05, 3.63) is 47.5 Å². The van der Waals surface area contributed by atoms with Crippen molar-refractivity contribution in [3.8, 4) is 10.6 Å². The van der Waals surface area contributed by atoms with Gasteiger partial charge in [0.1, 0.15) is 0 Å². The topological polar surface area (TPSA) is 12.9 Å². The summed E-state index contributed by atoms with van der Waals surface area (Å²) in [5.41, 5.74) is 1.06. The summed E-state index contributed by atoms with van der Waals surface area (Å²) in [4.78, 5) is 6.89. The van der Waals surface area contributed by atoms with Crippen molar-refractivity contribution in [1.29, 1.82) is 0 Å². The van der Waals surface area contributed by atoms with Crippen LogP contribution >= 0.6 is 11.3 Å². The van der Waals surface area contributed by atoms with E-state index in [0.29, 0.717) is 0 Å². The maximum Gasteiger partial charge on any atom is 0.0801 e. The molecule has 0 radical (unpaired) electrons. The molecule has 0 saturated heterocycles. The standard InChI is InChI=1S/C15H17NS/c1-12(2)6-5-7-13-9-10-15(17-13)14-8-3-4-11-16-14/h3-5,7-12H,6H2,1-2H3/b7-5+. The minimum atomic E-state index is 0.724. The summed E-state index contributed by atoms with van der Waals surface area (Å²) in [6, 6.07) is 10.3. The number of pyridine rings is 1. The Balaban J connectivity index is 2.09. The highest BCUT2D eigenvalue weighted by molar-refractivity contribution is 7.16. The van der Waals surface area contributed by atoms with Crippen LogP contribution in [0, 0.1) is 5.92 Å². The van der Waals surface area contributed by atoms with Crippen molar-refractivity contribution in [3.63, 3.8) is 0 Å². The summed E-state index contributed by atoms with van der Waals surface area (Å²) in [7, 11) is 0. The van der Waals surface area contributed by atoms with E-state index in [-0.39, 0.29) is 0 Å². The highest BCUT2D eigenvalue weighted by atomic mass is 32.1. The highest BCUT2D eigenvalue weighted by Gasteiger charge is 2.01. The summed E-state index contributed by atoms with van der Waals surface area (Å²) in [5, 5.41) is 0. The van der Waals surface area contributed by atoms with Gasteiger partial charge in [0.15, 0.2) is 0 Å². The highest BCUT2D eigenvalue weighted by Crippen LogP contribution is 2.27. The van der Waals surface area contributed by atoms with Crippen molar-refractivity contribution in [2.75, 3.05) is 0 Å². The molecule has 2 aromatic rings. The van der Waals surface area contributed by atoms with Crippen LogP contribution in [0.3, 0.4) is 0 Å². The Kier molecular flexibility index (Phi) is 4.10. The Morgan fingerprint density at radius 1 is 1.24 bits per heavy atom. The summed E-state index contributed by atoms with van der Waals surface area (Å²) in [5.74, 6) is 0.724. The Morgan fingerprint density at radius 2 is 2.12 bits per heavy atom. The van der Waals surface area contributed by atoms with Crippen molar-refractivity contribution < 1.29 is 0 Å². The van der Waals surface area contributed by atoms with Gasteiger partial charge in [-0.25, -0.2) is 0 Å². The molecule has 0 spiro atoms. The van der Waals surface area contributed by atoms with Crippen LogP contribution in [0.5, 0.6) is 0 Å². The first-order valence-corrected chi connectivity index (χ1v) is 6.75. The Bertz CT molecular complexity index is 483. The SMILES string of the molecule is CC(C)C/C=C/c1ccc(-c2ccccn2)s1. The van der Waals surface area contributed by atoms with Gasteiger partial charge in [-0.05, 0) is 42.7 Å². The Labute approximate surface area is 107 Å². The number of allylic oxidation sites excluding steroid dienone is 1. The van der Waals surface area contributed by atoms with Gasteiger partial charge >= 0.3 is 0 Å². The van der Waals surface area contributed by atoms with Crippen molar-refractivity contribution in [2.24, 2.45) is 5.92 Å². The van der Waals surface area contributed by atoms with E-state index in [1.807, 2.05) is 24.4 Å². The average Bonchev–Trinajstić information content (AvgIpc) is 2.78. The smallest absolute Gasteiger partial charge is 0.0801 e. The van der Waals surface area contributed by atoms with E-state index in [4.69, 9.17) is 0 Å². The van der Waals surface area contributed by atoms with Gasteiger partial charge in [-0.2, -0.15) is 0 Å². The minimum absolute atomic E-state index is 0.724. The zero-order chi connectivity index (χ0) is 12.1. The Morgan fingerprint density at radius 3 is 2.82 bits per heavy atom. The summed E-state index contributed by atoms with van der Waals surface area (Å²) in [6.45, 7) is 4.47. The second-order valence-corrected chi connectivity index (χ2v) is 5.56. The normalized spacial score (nSPS) is 11.5. The molecule has 2 rings (SSSR count). The van der Waals surface area contributed by atoms with E-state index in [1.165, 1.54) is 9.75 Å². The van der Waals surface area contributed by atoms with Gasteiger partial charge in [-0.3, -0.25) is 4.98 Å². The maximum absolute atomic E-state index is 4.36. The first-order valence-electron chi connectivity index (χ1n) is 5.93. The first kappa shape index (κ1) is 12.1. The number of aromatic nitrogens is 1. The molecule has 0 N–H and O–H groups in total. The number of hydrogen-bond acceptors (Lipinski definition) is 2. The van der Waals surface area contributed by atoms with Crippen LogP contribution in [-0.4, -0.2) is 4.98 Å². The molecular formula is C15H17NS. The molecule has 88 valence electrons. The van der Waals surface area contributed by atoms with Gasteiger partial charge in [0, 0.05) is 11.1 Å². The first-order chi connectivity index (χ1) is 8.25. The number of rotatable bonds is 4. The van der Waals surface area contributed by atoms with Crippen molar-refractivity contribution in [2.45, 2.75) is 20.3 Å². The number of nitrogens with zero attached hydrogens (tertiary/aromatic N) is 1. The molecule has 17 heavy (non-hydrogen) atoms. The van der Waals surface area contributed by atoms with Gasteiger partial charge in [-0.1, -0.05) is 26.0 Å². The third-order valence-corrected chi connectivity index (χ3v) is 3.51. The summed E-state index contributed by atoms with van der Waals surface area (Å²) in [6.07, 6.45) is 7.43. The zero-order valence-corrected chi connectivity index (χ0v) is 11.1. The molecule has 2 aromatic heterocycles. The fraction of sp³-hybridized carbons (Fsp3) is 0.267. The van der Waals surface area contributed by atoms with Crippen LogP contribution in [0.15, 0.2) is 42.6 Å². The molecule has 0 aromatic carbocycles. The maximum atomic E-state index is 4.36. The third-order valence-electron chi connectivity index (χ3n) is 2.43. The van der Waals surface area contributed by atoms with Crippen LogP contribution in [0.25, 0.3) is 16.6 Å². The fourth-order valence-electron chi connectivity index (χ4n) is 1.54. The molecule has 0 bridgehead atoms. The van der Waals surface area contributed by atoms with Crippen LogP contribution in [0.1, 0.15) is 25.1 Å². The van der Waals surface area contributed by atoms with Crippen LogP contribution in [0.2, 0.25) is 0 Å². The lowest BCUT2D eigenvalue weighted by Gasteiger charge is -1.95. The molecule has 2 heterocycles. The van der Waals surface area contributed by atoms with E-state index in [1.54, 1.807) is 11.3 Å². The molecular weight excluding hydrogens is 226 g/mol. The van der Waals surface area contributed by atoms with Crippen LogP contribution < -0.4 is 0 Å². The molecule has 0 amide bonds. The van der Waals surface area contributed by atoms with Gasteiger partial charge < -0.3 is 0 Å². The summed E-state index contributed by atoms with van der Waals surface area (Å²) < 4.78 is 0.